The lowest BCUT2D eigenvalue weighted by Crippen LogP contribution is -2.52. The zero-order chi connectivity index (χ0) is 30.9. The summed E-state index contributed by atoms with van der Waals surface area (Å²) >= 11 is 0. The highest BCUT2D eigenvalue weighted by Crippen LogP contribution is 2.34. The van der Waals surface area contributed by atoms with Gasteiger partial charge < -0.3 is 5.32 Å². The van der Waals surface area contributed by atoms with Crippen molar-refractivity contribution < 1.29 is 17.4 Å². The van der Waals surface area contributed by atoms with Gasteiger partial charge in [-0.3, -0.25) is 9.00 Å². The highest BCUT2D eigenvalue weighted by molar-refractivity contribution is 7.89. The number of rotatable bonds is 8. The zero-order valence-electron chi connectivity index (χ0n) is 25.3. The largest absolute Gasteiger partial charge is 0.354 e. The SMILES string of the molecule is Cc1cccc(CCNC(=O)C2Cc3cc(-c4cccc(S(C)=O)c4)ccc3CN2S(=O)(=O)c2c(C)cc(C)cc2C)c1. The van der Waals surface area contributed by atoms with E-state index in [9.17, 15) is 17.4 Å². The van der Waals surface area contributed by atoms with Crippen molar-refractivity contribution in [3.63, 3.8) is 0 Å². The van der Waals surface area contributed by atoms with Gasteiger partial charge in [0, 0.05) is 35.0 Å². The van der Waals surface area contributed by atoms with Crippen LogP contribution >= 0.6 is 0 Å². The first-order valence-electron chi connectivity index (χ1n) is 14.4. The molecule has 0 aromatic heterocycles. The van der Waals surface area contributed by atoms with Crippen LogP contribution in [0, 0.1) is 27.7 Å². The summed E-state index contributed by atoms with van der Waals surface area (Å²) in [6.07, 6.45) is 2.56. The van der Waals surface area contributed by atoms with Crippen molar-refractivity contribution in [1.29, 1.82) is 0 Å². The van der Waals surface area contributed by atoms with E-state index in [-0.39, 0.29) is 23.8 Å². The van der Waals surface area contributed by atoms with Crippen LogP contribution in [0.1, 0.15) is 38.9 Å². The van der Waals surface area contributed by atoms with Crippen molar-refractivity contribution in [3.8, 4) is 11.1 Å². The van der Waals surface area contributed by atoms with Crippen molar-refractivity contribution in [1.82, 2.24) is 9.62 Å². The van der Waals surface area contributed by atoms with Gasteiger partial charge in [-0.15, -0.1) is 0 Å². The average Bonchev–Trinajstić information content (AvgIpc) is 2.95. The molecule has 224 valence electrons. The maximum atomic E-state index is 14.3. The minimum absolute atomic E-state index is 0.0969. The van der Waals surface area contributed by atoms with Gasteiger partial charge in [-0.1, -0.05) is 77.9 Å². The number of carbonyl (C=O) groups is 1. The molecule has 0 bridgehead atoms. The number of hydrogen-bond acceptors (Lipinski definition) is 4. The van der Waals surface area contributed by atoms with E-state index in [0.717, 1.165) is 43.8 Å². The Balaban J connectivity index is 1.50. The Morgan fingerprint density at radius 2 is 1.56 bits per heavy atom. The van der Waals surface area contributed by atoms with Crippen molar-refractivity contribution in [2.75, 3.05) is 12.8 Å². The molecule has 43 heavy (non-hydrogen) atoms. The molecule has 1 aliphatic heterocycles. The maximum absolute atomic E-state index is 14.3. The Morgan fingerprint density at radius 1 is 0.860 bits per heavy atom. The maximum Gasteiger partial charge on any atom is 0.244 e. The van der Waals surface area contributed by atoms with E-state index in [0.29, 0.717) is 24.1 Å². The molecule has 4 aromatic rings. The minimum Gasteiger partial charge on any atom is -0.354 e. The molecule has 1 amide bonds. The molecular formula is C35H38N2O4S2. The summed E-state index contributed by atoms with van der Waals surface area (Å²) in [5, 5.41) is 3.03. The fourth-order valence-electron chi connectivity index (χ4n) is 6.07. The lowest BCUT2D eigenvalue weighted by molar-refractivity contribution is -0.125. The fraction of sp³-hybridized carbons (Fsp3) is 0.286. The van der Waals surface area contributed by atoms with Gasteiger partial charge in [-0.25, -0.2) is 8.42 Å². The van der Waals surface area contributed by atoms with Crippen molar-refractivity contribution in [2.45, 2.75) is 62.9 Å². The standard InChI is InChI=1S/C35H38N2O4S2/c1-23-8-6-9-27(18-23)14-15-36-35(38)33-21-31-19-29(28-10-7-11-32(20-28)42(5)39)12-13-30(31)22-37(33)43(40,41)34-25(3)16-24(2)17-26(34)4/h6-13,16-20,33H,14-15,21-22H2,1-5H3,(H,36,38). The van der Waals surface area contributed by atoms with Crippen LogP contribution in [-0.4, -0.2) is 41.7 Å². The molecule has 6 nitrogen and oxygen atoms in total. The lowest BCUT2D eigenvalue weighted by Gasteiger charge is -2.36. The predicted molar refractivity (Wildman–Crippen MR) is 173 cm³/mol. The molecule has 1 heterocycles. The third-order valence-electron chi connectivity index (χ3n) is 8.06. The van der Waals surface area contributed by atoms with Crippen LogP contribution in [0.4, 0.5) is 0 Å². The van der Waals surface area contributed by atoms with Gasteiger partial charge >= 0.3 is 0 Å². The van der Waals surface area contributed by atoms with Gasteiger partial charge in [0.1, 0.15) is 6.04 Å². The second-order valence-electron chi connectivity index (χ2n) is 11.5. The average molecular weight is 615 g/mol. The molecule has 0 saturated carbocycles. The van der Waals surface area contributed by atoms with Crippen LogP contribution in [0.25, 0.3) is 11.1 Å². The molecule has 1 N–H and O–H groups in total. The van der Waals surface area contributed by atoms with Gasteiger partial charge in [-0.05, 0) is 91.6 Å². The van der Waals surface area contributed by atoms with Crippen LogP contribution < -0.4 is 5.32 Å². The Morgan fingerprint density at radius 3 is 2.26 bits per heavy atom. The molecule has 4 aromatic carbocycles. The van der Waals surface area contributed by atoms with E-state index >= 15 is 0 Å². The number of carbonyl (C=O) groups excluding carboxylic acids is 1. The van der Waals surface area contributed by atoms with Crippen LogP contribution in [0.5, 0.6) is 0 Å². The van der Waals surface area contributed by atoms with Gasteiger partial charge in [0.2, 0.25) is 15.9 Å². The minimum atomic E-state index is -4.00. The molecule has 0 radical (unpaired) electrons. The highest BCUT2D eigenvalue weighted by atomic mass is 32.2. The molecule has 0 saturated heterocycles. The van der Waals surface area contributed by atoms with Crippen molar-refractivity contribution in [2.24, 2.45) is 0 Å². The lowest BCUT2D eigenvalue weighted by atomic mass is 9.91. The molecule has 2 unspecified atom stereocenters. The smallest absolute Gasteiger partial charge is 0.244 e. The van der Waals surface area contributed by atoms with Crippen LogP contribution in [0.15, 0.2) is 88.7 Å². The molecule has 0 spiro atoms. The van der Waals surface area contributed by atoms with E-state index in [1.807, 2.05) is 100 Å². The Kier molecular flexibility index (Phi) is 9.02. The number of amides is 1. The second-order valence-corrected chi connectivity index (χ2v) is 14.7. The van der Waals surface area contributed by atoms with Crippen LogP contribution in [-0.2, 0) is 45.0 Å². The van der Waals surface area contributed by atoms with E-state index in [1.165, 1.54) is 4.31 Å². The monoisotopic (exact) mass is 614 g/mol. The Labute approximate surface area is 257 Å². The van der Waals surface area contributed by atoms with E-state index < -0.39 is 26.9 Å². The van der Waals surface area contributed by atoms with Crippen molar-refractivity contribution >= 4 is 26.7 Å². The van der Waals surface area contributed by atoms with E-state index in [4.69, 9.17) is 0 Å². The number of nitrogens with one attached hydrogen (secondary N) is 1. The van der Waals surface area contributed by atoms with Crippen LogP contribution in [0.2, 0.25) is 0 Å². The quantitative estimate of drug-likeness (QED) is 0.272. The number of nitrogens with zero attached hydrogens (tertiary/aromatic N) is 1. The van der Waals surface area contributed by atoms with Gasteiger partial charge in [0.25, 0.3) is 0 Å². The first-order valence-corrected chi connectivity index (χ1v) is 17.4. The topological polar surface area (TPSA) is 83.6 Å². The van der Waals surface area contributed by atoms with Gasteiger partial charge in [0.15, 0.2) is 0 Å². The summed E-state index contributed by atoms with van der Waals surface area (Å²) < 4.78 is 42.1. The van der Waals surface area contributed by atoms with Crippen LogP contribution in [0.3, 0.4) is 0 Å². The summed E-state index contributed by atoms with van der Waals surface area (Å²) in [5.41, 5.74) is 8.27. The number of aryl methyl sites for hydroxylation is 4. The molecule has 0 aliphatic carbocycles. The molecule has 1 aliphatic rings. The summed E-state index contributed by atoms with van der Waals surface area (Å²) in [6.45, 7) is 8.11. The fourth-order valence-corrected chi connectivity index (χ4v) is 8.62. The number of fused-ring (bicyclic) bond motifs is 1. The number of benzene rings is 4. The Hall–Kier alpha value is -3.59. The molecule has 8 heteroatoms. The zero-order valence-corrected chi connectivity index (χ0v) is 26.9. The summed E-state index contributed by atoms with van der Waals surface area (Å²) in [7, 11) is -5.11. The third kappa shape index (κ3) is 6.66. The Bertz CT molecular complexity index is 1810. The van der Waals surface area contributed by atoms with E-state index in [2.05, 4.69) is 11.4 Å². The number of hydrogen-bond donors (Lipinski definition) is 1. The van der Waals surface area contributed by atoms with Gasteiger partial charge in [0.05, 0.1) is 4.90 Å². The summed E-state index contributed by atoms with van der Waals surface area (Å²) in [5.74, 6) is -0.307. The molecule has 2 atom stereocenters. The second kappa shape index (κ2) is 12.6. The molecule has 0 fully saturated rings. The first-order chi connectivity index (χ1) is 20.4. The summed E-state index contributed by atoms with van der Waals surface area (Å²) in [6, 6.07) is 24.5. The van der Waals surface area contributed by atoms with Crippen molar-refractivity contribution in [3.05, 3.63) is 118 Å². The normalized spacial score (nSPS) is 16.0. The molecule has 5 rings (SSSR count). The highest BCUT2D eigenvalue weighted by Gasteiger charge is 2.40. The molecular weight excluding hydrogens is 577 g/mol. The van der Waals surface area contributed by atoms with E-state index in [1.54, 1.807) is 6.26 Å². The number of sulfonamides is 1. The predicted octanol–water partition coefficient (Wildman–Crippen LogP) is 5.80. The van der Waals surface area contributed by atoms with Gasteiger partial charge in [-0.2, -0.15) is 4.31 Å². The first kappa shape index (κ1) is 30.9. The third-order valence-corrected chi connectivity index (χ3v) is 11.1. The summed E-state index contributed by atoms with van der Waals surface area (Å²) in [4.78, 5) is 14.8.